The number of hydrogen-bond acceptors (Lipinski definition) is 5. The molecule has 2 aromatic carbocycles. The van der Waals surface area contributed by atoms with Crippen LogP contribution in [-0.4, -0.2) is 31.4 Å². The van der Waals surface area contributed by atoms with Crippen LogP contribution < -0.4 is 5.43 Å². The average molecular weight is 466 g/mol. The minimum absolute atomic E-state index is 0.0681. The number of furan rings is 1. The normalized spacial score (nSPS) is 11.8. The molecule has 3 rings (SSSR count). The van der Waals surface area contributed by atoms with E-state index in [2.05, 4.69) is 10.5 Å². The summed E-state index contributed by atoms with van der Waals surface area (Å²) in [6.45, 7) is -0.569. The molecule has 0 aliphatic carbocycles. The highest BCUT2D eigenvalue weighted by molar-refractivity contribution is 7.89. The second-order valence-corrected chi connectivity index (χ2v) is 8.82. The average Bonchev–Trinajstić information content (AvgIpc) is 3.24. The molecule has 0 radical (unpaired) electrons. The second-order valence-electron chi connectivity index (χ2n) is 6.10. The number of carbonyl (C=O) groups is 1. The van der Waals surface area contributed by atoms with Crippen LogP contribution in [0.25, 0.3) is 0 Å². The molecular weight excluding hydrogens is 449 g/mol. The van der Waals surface area contributed by atoms with E-state index >= 15 is 0 Å². The summed E-state index contributed by atoms with van der Waals surface area (Å²) in [5.41, 5.74) is 2.81. The number of halogens is 2. The molecule has 1 heterocycles. The van der Waals surface area contributed by atoms with Gasteiger partial charge in [-0.15, -0.1) is 0 Å². The maximum Gasteiger partial charge on any atom is 0.255 e. The highest BCUT2D eigenvalue weighted by atomic mass is 35.5. The van der Waals surface area contributed by atoms with Crippen molar-refractivity contribution in [1.82, 2.24) is 9.73 Å². The maximum atomic E-state index is 13.0. The van der Waals surface area contributed by atoms with Gasteiger partial charge in [0.15, 0.2) is 0 Å². The third-order valence-corrected chi connectivity index (χ3v) is 6.63. The Morgan fingerprint density at radius 2 is 1.83 bits per heavy atom. The fourth-order valence-corrected chi connectivity index (χ4v) is 4.27. The summed E-state index contributed by atoms with van der Waals surface area (Å²) in [5.74, 6) is -0.230. The zero-order chi connectivity index (χ0) is 21.6. The van der Waals surface area contributed by atoms with Crippen molar-refractivity contribution in [2.75, 3.05) is 6.54 Å². The van der Waals surface area contributed by atoms with Crippen molar-refractivity contribution in [1.29, 1.82) is 0 Å². The van der Waals surface area contributed by atoms with Gasteiger partial charge < -0.3 is 4.42 Å². The van der Waals surface area contributed by atoms with Crippen LogP contribution in [0.1, 0.15) is 11.3 Å². The maximum absolute atomic E-state index is 13.0. The van der Waals surface area contributed by atoms with Gasteiger partial charge in [0, 0.05) is 5.56 Å². The van der Waals surface area contributed by atoms with Crippen LogP contribution in [0.2, 0.25) is 10.0 Å². The second kappa shape index (κ2) is 9.90. The largest absolute Gasteiger partial charge is 0.468 e. The van der Waals surface area contributed by atoms with E-state index in [1.54, 1.807) is 48.5 Å². The van der Waals surface area contributed by atoms with Crippen LogP contribution in [0.4, 0.5) is 0 Å². The van der Waals surface area contributed by atoms with Gasteiger partial charge in [-0.05, 0) is 30.3 Å². The molecule has 0 saturated heterocycles. The first-order valence-corrected chi connectivity index (χ1v) is 10.9. The van der Waals surface area contributed by atoms with Crippen LogP contribution in [0.3, 0.4) is 0 Å². The zero-order valence-electron chi connectivity index (χ0n) is 15.5. The van der Waals surface area contributed by atoms with E-state index in [1.165, 1.54) is 24.6 Å². The molecule has 0 aliphatic heterocycles. The lowest BCUT2D eigenvalue weighted by Crippen LogP contribution is -2.39. The molecule has 0 bridgehead atoms. The number of nitrogens with one attached hydrogen (secondary N) is 1. The molecule has 3 aromatic rings. The Morgan fingerprint density at radius 1 is 1.07 bits per heavy atom. The minimum Gasteiger partial charge on any atom is -0.468 e. The highest BCUT2D eigenvalue weighted by Crippen LogP contribution is 2.24. The summed E-state index contributed by atoms with van der Waals surface area (Å²) in [6, 6.07) is 16.1. The van der Waals surface area contributed by atoms with Crippen molar-refractivity contribution in [2.24, 2.45) is 5.10 Å². The molecule has 1 aromatic heterocycles. The first-order chi connectivity index (χ1) is 14.4. The lowest BCUT2D eigenvalue weighted by atomic mass is 10.2. The molecule has 30 heavy (non-hydrogen) atoms. The van der Waals surface area contributed by atoms with Gasteiger partial charge in [0.2, 0.25) is 10.0 Å². The number of sulfonamides is 1. The first-order valence-electron chi connectivity index (χ1n) is 8.71. The predicted molar refractivity (Wildman–Crippen MR) is 115 cm³/mol. The predicted octanol–water partition coefficient (Wildman–Crippen LogP) is 3.93. The molecule has 156 valence electrons. The molecule has 7 nitrogen and oxygen atoms in total. The molecule has 1 amide bonds. The SMILES string of the molecule is O=C(CN(Cc1ccco1)S(=O)(=O)c1ccccc1)N/N=C\c1cccc(Cl)c1Cl. The number of benzene rings is 2. The van der Waals surface area contributed by atoms with Gasteiger partial charge in [-0.2, -0.15) is 9.41 Å². The van der Waals surface area contributed by atoms with Gasteiger partial charge >= 0.3 is 0 Å². The van der Waals surface area contributed by atoms with Crippen molar-refractivity contribution >= 4 is 45.3 Å². The Morgan fingerprint density at radius 3 is 2.53 bits per heavy atom. The molecule has 10 heteroatoms. The summed E-state index contributed by atoms with van der Waals surface area (Å²) < 4.78 is 32.3. The van der Waals surface area contributed by atoms with Crippen molar-refractivity contribution in [2.45, 2.75) is 11.4 Å². The Labute approximate surface area is 184 Å². The van der Waals surface area contributed by atoms with Crippen LogP contribution in [-0.2, 0) is 21.4 Å². The fraction of sp³-hybridized carbons (Fsp3) is 0.100. The van der Waals surface area contributed by atoms with Crippen LogP contribution in [0.15, 0.2) is 81.3 Å². The smallest absolute Gasteiger partial charge is 0.255 e. The third-order valence-electron chi connectivity index (χ3n) is 3.99. The quantitative estimate of drug-likeness (QED) is 0.402. The Hall–Kier alpha value is -2.65. The number of hydrogen-bond donors (Lipinski definition) is 1. The van der Waals surface area contributed by atoms with Gasteiger partial charge in [-0.3, -0.25) is 4.79 Å². The minimum atomic E-state index is -3.94. The molecule has 0 atom stereocenters. The van der Waals surface area contributed by atoms with E-state index in [0.29, 0.717) is 21.4 Å². The third kappa shape index (κ3) is 5.48. The van der Waals surface area contributed by atoms with Crippen molar-refractivity contribution in [3.63, 3.8) is 0 Å². The van der Waals surface area contributed by atoms with Crippen LogP contribution >= 0.6 is 23.2 Å². The highest BCUT2D eigenvalue weighted by Gasteiger charge is 2.27. The molecule has 0 aliphatic rings. The number of rotatable bonds is 8. The first kappa shape index (κ1) is 22.0. The van der Waals surface area contributed by atoms with Gasteiger partial charge in [0.25, 0.3) is 5.91 Å². The number of nitrogens with zero attached hydrogens (tertiary/aromatic N) is 2. The van der Waals surface area contributed by atoms with E-state index < -0.39 is 22.5 Å². The number of carbonyl (C=O) groups excluding carboxylic acids is 1. The van der Waals surface area contributed by atoms with Gasteiger partial charge in [0.1, 0.15) is 5.76 Å². The topological polar surface area (TPSA) is 92.0 Å². The van der Waals surface area contributed by atoms with Gasteiger partial charge in [-0.25, -0.2) is 13.8 Å². The van der Waals surface area contributed by atoms with Gasteiger partial charge in [-0.1, -0.05) is 53.5 Å². The van der Waals surface area contributed by atoms with E-state index in [4.69, 9.17) is 27.6 Å². The lowest BCUT2D eigenvalue weighted by Gasteiger charge is -2.20. The summed E-state index contributed by atoms with van der Waals surface area (Å²) in [4.78, 5) is 12.4. The Kier molecular flexibility index (Phi) is 7.28. The lowest BCUT2D eigenvalue weighted by molar-refractivity contribution is -0.121. The molecular formula is C20H17Cl2N3O4S. The number of hydrazone groups is 1. The van der Waals surface area contributed by atoms with Gasteiger partial charge in [0.05, 0.1) is 40.5 Å². The Balaban J connectivity index is 1.75. The van der Waals surface area contributed by atoms with E-state index in [9.17, 15) is 13.2 Å². The zero-order valence-corrected chi connectivity index (χ0v) is 17.9. The summed E-state index contributed by atoms with van der Waals surface area (Å²) in [6.07, 6.45) is 2.76. The summed E-state index contributed by atoms with van der Waals surface area (Å²) >= 11 is 12.0. The molecule has 0 saturated carbocycles. The molecule has 0 fully saturated rings. The number of amides is 1. The van der Waals surface area contributed by atoms with Crippen molar-refractivity contribution in [3.8, 4) is 0 Å². The van der Waals surface area contributed by atoms with E-state index in [0.717, 1.165) is 4.31 Å². The Bertz CT molecular complexity index is 1130. The standard InChI is InChI=1S/C20H17Cl2N3O4S/c21-18-10-4-6-15(20(18)22)12-23-24-19(26)14-25(13-16-7-5-11-29-16)30(27,28)17-8-2-1-3-9-17/h1-12H,13-14H2,(H,24,26)/b23-12-. The fourth-order valence-electron chi connectivity index (χ4n) is 2.53. The van der Waals surface area contributed by atoms with E-state index in [-0.39, 0.29) is 11.4 Å². The van der Waals surface area contributed by atoms with Crippen LogP contribution in [0, 0.1) is 0 Å². The summed E-state index contributed by atoms with van der Waals surface area (Å²) in [7, 11) is -3.94. The van der Waals surface area contributed by atoms with Crippen LogP contribution in [0.5, 0.6) is 0 Å². The summed E-state index contributed by atoms with van der Waals surface area (Å²) in [5, 5.41) is 4.48. The van der Waals surface area contributed by atoms with Crippen molar-refractivity contribution < 1.29 is 17.6 Å². The van der Waals surface area contributed by atoms with Crippen molar-refractivity contribution in [3.05, 3.63) is 88.3 Å². The molecule has 0 unspecified atom stereocenters. The molecule has 1 N–H and O–H groups in total. The molecule has 0 spiro atoms. The monoisotopic (exact) mass is 465 g/mol. The van der Waals surface area contributed by atoms with E-state index in [1.807, 2.05) is 0 Å².